The summed E-state index contributed by atoms with van der Waals surface area (Å²) in [6, 6.07) is 22.3. The lowest BCUT2D eigenvalue weighted by molar-refractivity contribution is -0.135. The first-order valence-electron chi connectivity index (χ1n) is 12.5. The van der Waals surface area contributed by atoms with Gasteiger partial charge < -0.3 is 14.9 Å². The predicted octanol–water partition coefficient (Wildman–Crippen LogP) is 3.52. The number of carbonyl (C=O) groups is 1. The molecule has 196 valence electrons. The van der Waals surface area contributed by atoms with Crippen LogP contribution in [0.25, 0.3) is 10.8 Å². The van der Waals surface area contributed by atoms with Crippen molar-refractivity contribution in [3.8, 4) is 5.75 Å². The van der Waals surface area contributed by atoms with Gasteiger partial charge in [0.05, 0.1) is 4.90 Å². The molecule has 9 heteroatoms. The zero-order valence-electron chi connectivity index (χ0n) is 21.1. The minimum absolute atomic E-state index is 0.110. The number of aromatic nitrogens is 1. The van der Waals surface area contributed by atoms with Crippen molar-refractivity contribution in [3.63, 3.8) is 0 Å². The molecule has 1 fully saturated rings. The molecule has 2 heterocycles. The first-order valence-corrected chi connectivity index (χ1v) is 14.0. The molecule has 1 aromatic heterocycles. The van der Waals surface area contributed by atoms with E-state index in [0.717, 1.165) is 11.3 Å². The molecule has 5 rings (SSSR count). The summed E-state index contributed by atoms with van der Waals surface area (Å²) < 4.78 is 29.1. The van der Waals surface area contributed by atoms with Gasteiger partial charge in [-0.15, -0.1) is 0 Å². The van der Waals surface area contributed by atoms with Crippen LogP contribution >= 0.6 is 0 Å². The molecule has 38 heavy (non-hydrogen) atoms. The summed E-state index contributed by atoms with van der Waals surface area (Å²) in [7, 11) is -2.56. The molecule has 1 unspecified atom stereocenters. The zero-order chi connectivity index (χ0) is 26.7. The van der Waals surface area contributed by atoms with Gasteiger partial charge in [-0.2, -0.15) is 4.31 Å². The van der Waals surface area contributed by atoms with Crippen molar-refractivity contribution >= 4 is 32.4 Å². The molecule has 1 aliphatic heterocycles. The first kappa shape index (κ1) is 25.7. The van der Waals surface area contributed by atoms with Crippen LogP contribution in [0.15, 0.2) is 96.2 Å². The highest BCUT2D eigenvalue weighted by Gasteiger charge is 2.37. The Bertz CT molecular complexity index is 1510. The molecule has 1 atom stereocenters. The fourth-order valence-electron chi connectivity index (χ4n) is 4.90. The number of amides is 1. The van der Waals surface area contributed by atoms with Gasteiger partial charge >= 0.3 is 0 Å². The maximum absolute atomic E-state index is 13.9. The number of phenols is 1. The van der Waals surface area contributed by atoms with Crippen LogP contribution in [0.4, 0.5) is 5.69 Å². The monoisotopic (exact) mass is 530 g/mol. The van der Waals surface area contributed by atoms with E-state index in [1.165, 1.54) is 11.4 Å². The summed E-state index contributed by atoms with van der Waals surface area (Å²) in [5.41, 5.74) is 1.86. The van der Waals surface area contributed by atoms with E-state index in [1.54, 1.807) is 59.8 Å². The Morgan fingerprint density at radius 3 is 2.37 bits per heavy atom. The minimum atomic E-state index is -4.03. The van der Waals surface area contributed by atoms with Crippen molar-refractivity contribution in [3.05, 3.63) is 96.8 Å². The van der Waals surface area contributed by atoms with Crippen molar-refractivity contribution < 1.29 is 18.3 Å². The molecule has 3 aromatic carbocycles. The second-order valence-electron chi connectivity index (χ2n) is 9.41. The molecule has 1 aliphatic rings. The molecule has 1 N–H and O–H groups in total. The summed E-state index contributed by atoms with van der Waals surface area (Å²) in [6.45, 7) is 2.31. The summed E-state index contributed by atoms with van der Waals surface area (Å²) in [5, 5.41) is 11.0. The van der Waals surface area contributed by atoms with Crippen LogP contribution in [-0.4, -0.2) is 72.9 Å². The highest BCUT2D eigenvalue weighted by Crippen LogP contribution is 2.27. The van der Waals surface area contributed by atoms with Crippen molar-refractivity contribution in [1.29, 1.82) is 0 Å². The Morgan fingerprint density at radius 2 is 1.66 bits per heavy atom. The number of piperazine rings is 1. The Balaban J connectivity index is 1.44. The van der Waals surface area contributed by atoms with E-state index < -0.39 is 16.1 Å². The van der Waals surface area contributed by atoms with Crippen LogP contribution in [0.5, 0.6) is 5.75 Å². The van der Waals surface area contributed by atoms with Gasteiger partial charge in [0, 0.05) is 62.1 Å². The highest BCUT2D eigenvalue weighted by molar-refractivity contribution is 7.89. The number of aromatic hydroxyl groups is 1. The lowest BCUT2D eigenvalue weighted by Gasteiger charge is -2.39. The van der Waals surface area contributed by atoms with Crippen LogP contribution in [-0.2, 0) is 21.2 Å². The molecule has 0 radical (unpaired) electrons. The molecular formula is C29H30N4O4S. The van der Waals surface area contributed by atoms with Crippen molar-refractivity contribution in [1.82, 2.24) is 14.2 Å². The van der Waals surface area contributed by atoms with Crippen molar-refractivity contribution in [2.75, 3.05) is 38.1 Å². The third kappa shape index (κ3) is 5.20. The quantitative estimate of drug-likeness (QED) is 0.393. The lowest BCUT2D eigenvalue weighted by atomic mass is 10.0. The number of likely N-dealkylation sites (N-methyl/N-ethyl adjacent to an activating group) is 1. The summed E-state index contributed by atoms with van der Waals surface area (Å²) >= 11 is 0. The van der Waals surface area contributed by atoms with Gasteiger partial charge in [-0.25, -0.2) is 8.42 Å². The van der Waals surface area contributed by atoms with E-state index >= 15 is 0 Å². The maximum atomic E-state index is 13.9. The number of pyridine rings is 1. The standard InChI is InChI=1S/C29H30N4O4S/c1-31(38(36,37)28-9-5-6-23-21-30-15-14-26(23)28)27(20-22-10-12-25(34)13-11-22)29(35)33-18-16-32(17-19-33)24-7-3-2-4-8-24/h2-15,21,27,34H,16-20H2,1H3. The van der Waals surface area contributed by atoms with Crippen LogP contribution in [0, 0.1) is 0 Å². The number of hydrogen-bond acceptors (Lipinski definition) is 6. The number of fused-ring (bicyclic) bond motifs is 1. The largest absolute Gasteiger partial charge is 0.508 e. The molecule has 0 spiro atoms. The van der Waals surface area contributed by atoms with E-state index in [-0.39, 0.29) is 23.0 Å². The van der Waals surface area contributed by atoms with Crippen LogP contribution in [0.3, 0.4) is 0 Å². The van der Waals surface area contributed by atoms with Crippen LogP contribution < -0.4 is 4.90 Å². The van der Waals surface area contributed by atoms with Crippen molar-refractivity contribution in [2.24, 2.45) is 0 Å². The van der Waals surface area contributed by atoms with E-state index in [0.29, 0.717) is 37.0 Å². The summed E-state index contributed by atoms with van der Waals surface area (Å²) in [5.74, 6) is -0.127. The Morgan fingerprint density at radius 1 is 0.947 bits per heavy atom. The summed E-state index contributed by atoms with van der Waals surface area (Å²) in [4.78, 5) is 22.2. The highest BCUT2D eigenvalue weighted by atomic mass is 32.2. The second kappa shape index (κ2) is 10.8. The van der Waals surface area contributed by atoms with E-state index in [9.17, 15) is 18.3 Å². The average Bonchev–Trinajstić information content (AvgIpc) is 2.96. The molecule has 0 bridgehead atoms. The molecular weight excluding hydrogens is 500 g/mol. The number of nitrogens with zero attached hydrogens (tertiary/aromatic N) is 4. The third-order valence-corrected chi connectivity index (χ3v) is 9.02. The fraction of sp³-hybridized carbons (Fsp3) is 0.241. The molecule has 8 nitrogen and oxygen atoms in total. The first-order chi connectivity index (χ1) is 18.3. The number of rotatable bonds is 7. The molecule has 0 saturated carbocycles. The van der Waals surface area contributed by atoms with Gasteiger partial charge in [-0.3, -0.25) is 9.78 Å². The van der Waals surface area contributed by atoms with Gasteiger partial charge in [0.15, 0.2) is 0 Å². The number of benzene rings is 3. The average molecular weight is 531 g/mol. The number of hydrogen-bond donors (Lipinski definition) is 1. The number of phenolic OH excluding ortho intramolecular Hbond substituents is 1. The Labute approximate surface area is 222 Å². The minimum Gasteiger partial charge on any atom is -0.508 e. The van der Waals surface area contributed by atoms with Gasteiger partial charge in [-0.05, 0) is 48.4 Å². The van der Waals surface area contributed by atoms with E-state index in [2.05, 4.69) is 9.88 Å². The molecule has 0 aliphatic carbocycles. The van der Waals surface area contributed by atoms with Gasteiger partial charge in [0.25, 0.3) is 0 Å². The zero-order valence-corrected chi connectivity index (χ0v) is 22.0. The van der Waals surface area contributed by atoms with Gasteiger partial charge in [-0.1, -0.05) is 42.5 Å². The lowest BCUT2D eigenvalue weighted by Crippen LogP contribution is -2.56. The summed E-state index contributed by atoms with van der Waals surface area (Å²) in [6.07, 6.45) is 3.37. The second-order valence-corrected chi connectivity index (χ2v) is 11.4. The topological polar surface area (TPSA) is 94.0 Å². The number of sulfonamides is 1. The maximum Gasteiger partial charge on any atom is 0.244 e. The van der Waals surface area contributed by atoms with Crippen LogP contribution in [0.1, 0.15) is 5.56 Å². The molecule has 1 amide bonds. The predicted molar refractivity (Wildman–Crippen MR) is 148 cm³/mol. The number of carbonyl (C=O) groups excluding carboxylic acids is 1. The fourth-order valence-corrected chi connectivity index (χ4v) is 6.43. The SMILES string of the molecule is CN(C(Cc1ccc(O)cc1)C(=O)N1CCN(c2ccccc2)CC1)S(=O)(=O)c1cccc2cnccc12. The van der Waals surface area contributed by atoms with E-state index in [4.69, 9.17) is 0 Å². The Hall–Kier alpha value is -3.95. The number of para-hydroxylation sites is 1. The molecule has 4 aromatic rings. The van der Waals surface area contributed by atoms with E-state index in [1.807, 2.05) is 36.4 Å². The van der Waals surface area contributed by atoms with Crippen molar-refractivity contribution in [2.45, 2.75) is 17.4 Å². The number of anilines is 1. The third-order valence-electron chi connectivity index (χ3n) is 7.10. The Kier molecular flexibility index (Phi) is 7.31. The smallest absolute Gasteiger partial charge is 0.244 e. The van der Waals surface area contributed by atoms with Gasteiger partial charge in [0.2, 0.25) is 15.9 Å². The van der Waals surface area contributed by atoms with Crippen LogP contribution in [0.2, 0.25) is 0 Å². The normalized spacial score (nSPS) is 15.1. The molecule has 1 saturated heterocycles. The van der Waals surface area contributed by atoms with Gasteiger partial charge in [0.1, 0.15) is 11.8 Å².